The monoisotopic (exact) mass is 341 g/mol. The van der Waals surface area contributed by atoms with Crippen molar-refractivity contribution >= 4 is 28.6 Å². The van der Waals surface area contributed by atoms with Crippen LogP contribution in [0.3, 0.4) is 0 Å². The van der Waals surface area contributed by atoms with Crippen LogP contribution in [-0.4, -0.2) is 16.0 Å². The van der Waals surface area contributed by atoms with Crippen molar-refractivity contribution in [2.45, 2.75) is 32.2 Å². The van der Waals surface area contributed by atoms with Gasteiger partial charge in [0.1, 0.15) is 0 Å². The van der Waals surface area contributed by atoms with Crippen molar-refractivity contribution in [3.63, 3.8) is 0 Å². The third-order valence-corrected chi connectivity index (χ3v) is 4.50. The van der Waals surface area contributed by atoms with Crippen LogP contribution in [0, 0.1) is 6.92 Å². The smallest absolute Gasteiger partial charge is 0.259 e. The second-order valence-electron chi connectivity index (χ2n) is 6.13. The summed E-state index contributed by atoms with van der Waals surface area (Å²) in [5, 5.41) is 8.27. The third kappa shape index (κ3) is 2.87. The van der Waals surface area contributed by atoms with Gasteiger partial charge in [-0.15, -0.1) is 0 Å². The highest BCUT2D eigenvalue weighted by atomic mass is 35.5. The minimum Gasteiger partial charge on any atom is -0.348 e. The molecule has 0 aliphatic heterocycles. The van der Waals surface area contributed by atoms with Crippen molar-refractivity contribution in [3.8, 4) is 0 Å². The molecule has 0 bridgehead atoms. The van der Waals surface area contributed by atoms with Crippen LogP contribution in [-0.2, 0) is 6.54 Å². The number of halogens is 1. The van der Waals surface area contributed by atoms with Gasteiger partial charge in [0.2, 0.25) is 0 Å². The molecule has 1 aromatic carbocycles. The SMILES string of the molecule is Cc1noc2nc(C3CC3)cc(C(=O)NCc3ccc(Cl)cc3)c12. The number of benzene rings is 1. The molecule has 2 aromatic heterocycles. The molecule has 3 aromatic rings. The molecule has 1 aliphatic rings. The maximum absolute atomic E-state index is 12.7. The lowest BCUT2D eigenvalue weighted by atomic mass is 10.1. The summed E-state index contributed by atoms with van der Waals surface area (Å²) in [6, 6.07) is 9.28. The summed E-state index contributed by atoms with van der Waals surface area (Å²) in [7, 11) is 0. The van der Waals surface area contributed by atoms with E-state index in [-0.39, 0.29) is 5.91 Å². The summed E-state index contributed by atoms with van der Waals surface area (Å²) in [4.78, 5) is 17.2. The van der Waals surface area contributed by atoms with E-state index in [1.807, 2.05) is 37.3 Å². The van der Waals surface area contributed by atoms with Gasteiger partial charge in [0.25, 0.3) is 11.6 Å². The number of rotatable bonds is 4. The van der Waals surface area contributed by atoms with E-state index in [0.29, 0.717) is 39.8 Å². The Balaban J connectivity index is 1.63. The van der Waals surface area contributed by atoms with Crippen molar-refractivity contribution in [3.05, 3.63) is 57.9 Å². The number of fused-ring (bicyclic) bond motifs is 1. The summed E-state index contributed by atoms with van der Waals surface area (Å²) >= 11 is 5.88. The molecule has 1 N–H and O–H groups in total. The fraction of sp³-hybridized carbons (Fsp3) is 0.278. The zero-order valence-corrected chi connectivity index (χ0v) is 13.9. The third-order valence-electron chi connectivity index (χ3n) is 4.24. The van der Waals surface area contributed by atoms with Gasteiger partial charge in [-0.3, -0.25) is 4.79 Å². The summed E-state index contributed by atoms with van der Waals surface area (Å²) in [6.45, 7) is 2.25. The highest BCUT2D eigenvalue weighted by Gasteiger charge is 2.28. The summed E-state index contributed by atoms with van der Waals surface area (Å²) in [6.07, 6.45) is 2.22. The van der Waals surface area contributed by atoms with Crippen molar-refractivity contribution in [2.75, 3.05) is 0 Å². The molecule has 0 atom stereocenters. The van der Waals surface area contributed by atoms with Crippen molar-refractivity contribution < 1.29 is 9.32 Å². The molecule has 6 heteroatoms. The molecule has 0 saturated heterocycles. The standard InChI is InChI=1S/C18H16ClN3O2/c1-10-16-14(8-15(12-4-5-12)21-18(16)24-22-10)17(23)20-9-11-2-6-13(19)7-3-11/h2-3,6-8,12H,4-5,9H2,1H3,(H,20,23). The minimum atomic E-state index is -0.148. The van der Waals surface area contributed by atoms with E-state index in [2.05, 4.69) is 15.5 Å². The lowest BCUT2D eigenvalue weighted by molar-refractivity contribution is 0.0952. The largest absolute Gasteiger partial charge is 0.348 e. The average Bonchev–Trinajstić information content (AvgIpc) is 3.37. The van der Waals surface area contributed by atoms with Gasteiger partial charge in [-0.25, -0.2) is 4.98 Å². The Bertz CT molecular complexity index is 914. The van der Waals surface area contributed by atoms with E-state index < -0.39 is 0 Å². The van der Waals surface area contributed by atoms with Crippen LogP contribution in [0.5, 0.6) is 0 Å². The Morgan fingerprint density at radius 2 is 2.08 bits per heavy atom. The number of nitrogens with one attached hydrogen (secondary N) is 1. The fourth-order valence-corrected chi connectivity index (χ4v) is 2.89. The van der Waals surface area contributed by atoms with Crippen LogP contribution in [0.25, 0.3) is 11.1 Å². The van der Waals surface area contributed by atoms with E-state index >= 15 is 0 Å². The number of carbonyl (C=O) groups is 1. The first-order valence-electron chi connectivity index (χ1n) is 7.91. The molecule has 24 heavy (non-hydrogen) atoms. The molecule has 0 radical (unpaired) electrons. The number of amides is 1. The van der Waals surface area contributed by atoms with Crippen LogP contribution >= 0.6 is 11.6 Å². The van der Waals surface area contributed by atoms with Crippen LogP contribution in [0.2, 0.25) is 5.02 Å². The number of carbonyl (C=O) groups excluding carboxylic acids is 1. The zero-order valence-electron chi connectivity index (χ0n) is 13.2. The number of aromatic nitrogens is 2. The Morgan fingerprint density at radius 1 is 1.33 bits per heavy atom. The molecule has 4 rings (SSSR count). The molecular weight excluding hydrogens is 326 g/mol. The van der Waals surface area contributed by atoms with E-state index in [1.54, 1.807) is 0 Å². The Labute approximate surface area is 144 Å². The molecular formula is C18H16ClN3O2. The van der Waals surface area contributed by atoms with Gasteiger partial charge < -0.3 is 9.84 Å². The first-order chi connectivity index (χ1) is 11.6. The molecule has 2 heterocycles. The Kier molecular flexibility index (Phi) is 3.73. The average molecular weight is 342 g/mol. The molecule has 1 amide bonds. The first-order valence-corrected chi connectivity index (χ1v) is 8.29. The van der Waals surface area contributed by atoms with E-state index in [4.69, 9.17) is 16.1 Å². The highest BCUT2D eigenvalue weighted by Crippen LogP contribution is 2.40. The van der Waals surface area contributed by atoms with Gasteiger partial charge in [0.15, 0.2) is 0 Å². The van der Waals surface area contributed by atoms with Gasteiger partial charge in [-0.1, -0.05) is 28.9 Å². The molecule has 122 valence electrons. The summed E-state index contributed by atoms with van der Waals surface area (Å²) in [5.41, 5.74) is 3.59. The van der Waals surface area contributed by atoms with Crippen LogP contribution < -0.4 is 5.32 Å². The van der Waals surface area contributed by atoms with Gasteiger partial charge in [0.05, 0.1) is 16.6 Å². The maximum atomic E-state index is 12.7. The van der Waals surface area contributed by atoms with E-state index in [9.17, 15) is 4.79 Å². The van der Waals surface area contributed by atoms with Crippen LogP contribution in [0.15, 0.2) is 34.9 Å². The molecule has 1 fully saturated rings. The van der Waals surface area contributed by atoms with Crippen LogP contribution in [0.4, 0.5) is 0 Å². The highest BCUT2D eigenvalue weighted by molar-refractivity contribution is 6.30. The number of pyridine rings is 1. The lowest BCUT2D eigenvalue weighted by Crippen LogP contribution is -2.23. The molecule has 0 unspecified atom stereocenters. The van der Waals surface area contributed by atoms with Crippen molar-refractivity contribution in [1.82, 2.24) is 15.5 Å². The molecule has 1 aliphatic carbocycles. The quantitative estimate of drug-likeness (QED) is 0.779. The number of hydrogen-bond donors (Lipinski definition) is 1. The number of aryl methyl sites for hydroxylation is 1. The van der Waals surface area contributed by atoms with E-state index in [1.165, 1.54) is 0 Å². The topological polar surface area (TPSA) is 68.0 Å². The molecule has 5 nitrogen and oxygen atoms in total. The second-order valence-corrected chi connectivity index (χ2v) is 6.56. The zero-order chi connectivity index (χ0) is 16.7. The number of nitrogens with zero attached hydrogens (tertiary/aromatic N) is 2. The summed E-state index contributed by atoms with van der Waals surface area (Å²) in [5.74, 6) is 0.285. The predicted molar refractivity (Wildman–Crippen MR) is 91.1 cm³/mol. The van der Waals surface area contributed by atoms with Crippen LogP contribution in [0.1, 0.15) is 46.1 Å². The predicted octanol–water partition coefficient (Wildman–Crippen LogP) is 3.99. The fourth-order valence-electron chi connectivity index (χ4n) is 2.76. The molecule has 0 spiro atoms. The summed E-state index contributed by atoms with van der Waals surface area (Å²) < 4.78 is 5.28. The Hall–Kier alpha value is -2.40. The van der Waals surface area contributed by atoms with Crippen molar-refractivity contribution in [1.29, 1.82) is 0 Å². The van der Waals surface area contributed by atoms with Gasteiger partial charge in [-0.2, -0.15) is 0 Å². The van der Waals surface area contributed by atoms with Gasteiger partial charge >= 0.3 is 0 Å². The second kappa shape index (κ2) is 5.91. The van der Waals surface area contributed by atoms with Crippen molar-refractivity contribution in [2.24, 2.45) is 0 Å². The van der Waals surface area contributed by atoms with Gasteiger partial charge in [-0.05, 0) is 43.5 Å². The number of hydrogen-bond acceptors (Lipinski definition) is 4. The van der Waals surface area contributed by atoms with Gasteiger partial charge in [0, 0.05) is 23.2 Å². The lowest BCUT2D eigenvalue weighted by Gasteiger charge is -2.08. The normalized spacial score (nSPS) is 14.1. The van der Waals surface area contributed by atoms with E-state index in [0.717, 1.165) is 24.1 Å². The first kappa shape index (κ1) is 15.1. The molecule has 1 saturated carbocycles. The maximum Gasteiger partial charge on any atom is 0.259 e. The minimum absolute atomic E-state index is 0.148. The Morgan fingerprint density at radius 3 is 2.79 bits per heavy atom.